The molecule has 7 heteroatoms. The Morgan fingerprint density at radius 1 is 1.40 bits per heavy atom. The van der Waals surface area contributed by atoms with Gasteiger partial charge in [-0.05, 0) is 12.8 Å². The molecule has 2 aliphatic heterocycles. The Bertz CT molecular complexity index is 461. The second-order valence-electron chi connectivity index (χ2n) is 5.46. The monoisotopic (exact) mass is 279 g/mol. The lowest BCUT2D eigenvalue weighted by atomic mass is 10.2. The summed E-state index contributed by atoms with van der Waals surface area (Å²) in [4.78, 5) is 16.5. The molecule has 0 saturated carbocycles. The molecule has 3 heterocycles. The highest BCUT2D eigenvalue weighted by Gasteiger charge is 2.30. The third kappa shape index (κ3) is 2.83. The summed E-state index contributed by atoms with van der Waals surface area (Å²) in [5.74, 6) is 1.13. The molecule has 2 saturated heterocycles. The summed E-state index contributed by atoms with van der Waals surface area (Å²) in [6.07, 6.45) is 3.40. The predicted molar refractivity (Wildman–Crippen MR) is 71.8 cm³/mol. The largest absolute Gasteiger partial charge is 0.368 e. The van der Waals surface area contributed by atoms with Gasteiger partial charge >= 0.3 is 0 Å². The van der Waals surface area contributed by atoms with Crippen molar-refractivity contribution in [1.29, 1.82) is 0 Å². The van der Waals surface area contributed by atoms with E-state index < -0.39 is 0 Å². The molecule has 20 heavy (non-hydrogen) atoms. The average molecular weight is 279 g/mol. The number of carbonyl (C=O) groups excluding carboxylic acids is 1. The molecule has 110 valence electrons. The van der Waals surface area contributed by atoms with Gasteiger partial charge in [0.1, 0.15) is 18.3 Å². The van der Waals surface area contributed by atoms with Crippen LogP contribution in [0.1, 0.15) is 18.7 Å². The van der Waals surface area contributed by atoms with Crippen LogP contribution in [0.3, 0.4) is 0 Å². The molecular weight excluding hydrogens is 258 g/mol. The maximum absolute atomic E-state index is 12.2. The van der Waals surface area contributed by atoms with Crippen LogP contribution in [0, 0.1) is 0 Å². The topological polar surface area (TPSA) is 63.5 Å². The number of nitrogens with zero attached hydrogens (tertiary/aromatic N) is 5. The van der Waals surface area contributed by atoms with Crippen molar-refractivity contribution < 1.29 is 9.53 Å². The summed E-state index contributed by atoms with van der Waals surface area (Å²) in [5, 5.41) is 7.99. The Morgan fingerprint density at radius 3 is 2.80 bits per heavy atom. The van der Waals surface area contributed by atoms with Gasteiger partial charge in [0, 0.05) is 39.8 Å². The van der Waals surface area contributed by atoms with Crippen molar-refractivity contribution in [3.05, 3.63) is 12.2 Å². The maximum Gasteiger partial charge on any atom is 0.251 e. The minimum Gasteiger partial charge on any atom is -0.368 e. The van der Waals surface area contributed by atoms with E-state index in [9.17, 15) is 4.79 Å². The summed E-state index contributed by atoms with van der Waals surface area (Å²) < 4.78 is 7.40. The third-order valence-corrected chi connectivity index (χ3v) is 4.06. The van der Waals surface area contributed by atoms with Crippen LogP contribution in [0.4, 0.5) is 0 Å². The van der Waals surface area contributed by atoms with Crippen LogP contribution in [0.2, 0.25) is 0 Å². The number of carbonyl (C=O) groups is 1. The van der Waals surface area contributed by atoms with Gasteiger partial charge in [-0.25, -0.2) is 0 Å². The third-order valence-electron chi connectivity index (χ3n) is 4.06. The Hall–Kier alpha value is -1.47. The number of rotatable bonds is 3. The SMILES string of the molecule is Cn1cnnc1CN1CCN(C(=O)C2CCCO2)CC1. The van der Waals surface area contributed by atoms with Gasteiger partial charge in [0.15, 0.2) is 0 Å². The van der Waals surface area contributed by atoms with Gasteiger partial charge in [0.2, 0.25) is 0 Å². The van der Waals surface area contributed by atoms with E-state index in [0.717, 1.165) is 58.0 Å². The van der Waals surface area contributed by atoms with Crippen molar-refractivity contribution >= 4 is 5.91 Å². The van der Waals surface area contributed by atoms with Crippen molar-refractivity contribution in [1.82, 2.24) is 24.6 Å². The van der Waals surface area contributed by atoms with Gasteiger partial charge < -0.3 is 14.2 Å². The van der Waals surface area contributed by atoms with E-state index in [4.69, 9.17) is 4.74 Å². The molecule has 1 aromatic heterocycles. The first-order chi connectivity index (χ1) is 9.74. The lowest BCUT2D eigenvalue weighted by Gasteiger charge is -2.35. The smallest absolute Gasteiger partial charge is 0.251 e. The number of hydrogen-bond donors (Lipinski definition) is 0. The Labute approximate surface area is 118 Å². The van der Waals surface area contributed by atoms with E-state index in [1.807, 2.05) is 16.5 Å². The highest BCUT2D eigenvalue weighted by Crippen LogP contribution is 2.16. The number of piperazine rings is 1. The fraction of sp³-hybridized carbons (Fsp3) is 0.769. The Balaban J connectivity index is 1.49. The molecule has 0 aromatic carbocycles. The molecule has 0 radical (unpaired) electrons. The Kier molecular flexibility index (Phi) is 3.98. The fourth-order valence-corrected chi connectivity index (χ4v) is 2.75. The molecule has 2 aliphatic rings. The quantitative estimate of drug-likeness (QED) is 0.756. The first-order valence-corrected chi connectivity index (χ1v) is 7.19. The summed E-state index contributed by atoms with van der Waals surface area (Å²) >= 11 is 0. The summed E-state index contributed by atoms with van der Waals surface area (Å²) in [7, 11) is 1.95. The molecule has 1 unspecified atom stereocenters. The van der Waals surface area contributed by atoms with Gasteiger partial charge in [0.05, 0.1) is 6.54 Å². The predicted octanol–water partition coefficient (Wildman–Crippen LogP) is -0.362. The normalized spacial score (nSPS) is 24.2. The van der Waals surface area contributed by atoms with E-state index >= 15 is 0 Å². The zero-order chi connectivity index (χ0) is 13.9. The number of amides is 1. The number of hydrogen-bond acceptors (Lipinski definition) is 5. The van der Waals surface area contributed by atoms with E-state index in [2.05, 4.69) is 15.1 Å². The minimum absolute atomic E-state index is 0.167. The van der Waals surface area contributed by atoms with Crippen molar-refractivity contribution in [2.24, 2.45) is 7.05 Å². The summed E-state index contributed by atoms with van der Waals surface area (Å²) in [6, 6.07) is 0. The van der Waals surface area contributed by atoms with Gasteiger partial charge in [-0.3, -0.25) is 9.69 Å². The lowest BCUT2D eigenvalue weighted by molar-refractivity contribution is -0.142. The molecule has 7 nitrogen and oxygen atoms in total. The molecule has 0 bridgehead atoms. The van der Waals surface area contributed by atoms with Crippen LogP contribution >= 0.6 is 0 Å². The zero-order valence-electron chi connectivity index (χ0n) is 11.9. The van der Waals surface area contributed by atoms with Crippen LogP contribution < -0.4 is 0 Å². The van der Waals surface area contributed by atoms with Crippen LogP contribution in [0.15, 0.2) is 6.33 Å². The van der Waals surface area contributed by atoms with E-state index in [1.165, 1.54) is 0 Å². The van der Waals surface area contributed by atoms with Gasteiger partial charge in [-0.15, -0.1) is 10.2 Å². The first kappa shape index (κ1) is 13.5. The van der Waals surface area contributed by atoms with E-state index in [0.29, 0.717) is 0 Å². The molecule has 2 fully saturated rings. The summed E-state index contributed by atoms with van der Waals surface area (Å²) in [5.41, 5.74) is 0. The van der Waals surface area contributed by atoms with Gasteiger partial charge in [-0.1, -0.05) is 0 Å². The second-order valence-corrected chi connectivity index (χ2v) is 5.46. The van der Waals surface area contributed by atoms with Crippen LogP contribution in [-0.4, -0.2) is 69.4 Å². The van der Waals surface area contributed by atoms with Crippen molar-refractivity contribution in [3.8, 4) is 0 Å². The Morgan fingerprint density at radius 2 is 2.20 bits per heavy atom. The molecule has 0 aliphatic carbocycles. The fourth-order valence-electron chi connectivity index (χ4n) is 2.75. The summed E-state index contributed by atoms with van der Waals surface area (Å²) in [6.45, 7) is 4.82. The standard InChI is InChI=1S/C13H21N5O2/c1-16-10-14-15-12(16)9-17-4-6-18(7-5-17)13(19)11-3-2-8-20-11/h10-11H,2-9H2,1H3. The highest BCUT2D eigenvalue weighted by atomic mass is 16.5. The lowest BCUT2D eigenvalue weighted by Crippen LogP contribution is -2.51. The van der Waals surface area contributed by atoms with Crippen molar-refractivity contribution in [3.63, 3.8) is 0 Å². The molecule has 1 aromatic rings. The molecule has 1 atom stereocenters. The maximum atomic E-state index is 12.2. The van der Waals surface area contributed by atoms with Crippen LogP contribution in [-0.2, 0) is 23.1 Å². The average Bonchev–Trinajstić information content (AvgIpc) is 3.12. The highest BCUT2D eigenvalue weighted by molar-refractivity contribution is 5.81. The van der Waals surface area contributed by atoms with E-state index in [-0.39, 0.29) is 12.0 Å². The number of aryl methyl sites for hydroxylation is 1. The molecule has 0 spiro atoms. The van der Waals surface area contributed by atoms with Crippen LogP contribution in [0.5, 0.6) is 0 Å². The zero-order valence-corrected chi connectivity index (χ0v) is 11.9. The van der Waals surface area contributed by atoms with Gasteiger partial charge in [-0.2, -0.15) is 0 Å². The molecule has 0 N–H and O–H groups in total. The molecule has 3 rings (SSSR count). The molecule has 1 amide bonds. The number of ether oxygens (including phenoxy) is 1. The second kappa shape index (κ2) is 5.88. The van der Waals surface area contributed by atoms with Crippen molar-refractivity contribution in [2.75, 3.05) is 32.8 Å². The first-order valence-electron chi connectivity index (χ1n) is 7.19. The minimum atomic E-state index is -0.194. The molecular formula is C13H21N5O2. The van der Waals surface area contributed by atoms with Crippen molar-refractivity contribution in [2.45, 2.75) is 25.5 Å². The van der Waals surface area contributed by atoms with E-state index in [1.54, 1.807) is 6.33 Å². The van der Waals surface area contributed by atoms with Gasteiger partial charge in [0.25, 0.3) is 5.91 Å². The van der Waals surface area contributed by atoms with Crippen LogP contribution in [0.25, 0.3) is 0 Å². The number of aromatic nitrogens is 3.